The Balaban J connectivity index is 1.69. The van der Waals surface area contributed by atoms with Gasteiger partial charge >= 0.3 is 0 Å². The number of benzene rings is 1. The summed E-state index contributed by atoms with van der Waals surface area (Å²) in [7, 11) is 0. The number of aromatic nitrogens is 2. The van der Waals surface area contributed by atoms with Gasteiger partial charge in [0.05, 0.1) is 0 Å². The van der Waals surface area contributed by atoms with Crippen molar-refractivity contribution in [2.45, 2.75) is 33.6 Å². The highest BCUT2D eigenvalue weighted by molar-refractivity contribution is 5.93. The minimum atomic E-state index is -0.238. The van der Waals surface area contributed by atoms with Gasteiger partial charge in [0.15, 0.2) is 0 Å². The highest BCUT2D eigenvalue weighted by Crippen LogP contribution is 2.19. The fourth-order valence-electron chi connectivity index (χ4n) is 3.69. The molecule has 156 valence electrons. The third-order valence-electron chi connectivity index (χ3n) is 5.11. The molecule has 1 amide bonds. The molecule has 1 aliphatic heterocycles. The molecule has 1 aromatic heterocycles. The molecule has 0 N–H and O–H groups in total. The number of halogens is 1. The van der Waals surface area contributed by atoms with Crippen molar-refractivity contribution in [3.05, 3.63) is 47.7 Å². The molecule has 1 aliphatic rings. The summed E-state index contributed by atoms with van der Waals surface area (Å²) in [5, 5.41) is 0. The van der Waals surface area contributed by atoms with Crippen LogP contribution in [0.4, 0.5) is 15.9 Å². The van der Waals surface area contributed by atoms with E-state index >= 15 is 0 Å². The Hall–Kier alpha value is -2.70. The van der Waals surface area contributed by atoms with Crippen molar-refractivity contribution in [1.82, 2.24) is 14.9 Å². The number of hydrogen-bond acceptors (Lipinski definition) is 5. The van der Waals surface area contributed by atoms with E-state index < -0.39 is 0 Å². The lowest BCUT2D eigenvalue weighted by molar-refractivity contribution is 0.0740. The van der Waals surface area contributed by atoms with Crippen LogP contribution < -0.4 is 9.80 Å². The molecular weight excluding hydrogens is 369 g/mol. The normalized spacial score (nSPS) is 14.2. The quantitative estimate of drug-likeness (QED) is 0.713. The van der Waals surface area contributed by atoms with Gasteiger partial charge in [-0.2, -0.15) is 0 Å². The van der Waals surface area contributed by atoms with E-state index in [-0.39, 0.29) is 11.7 Å². The first-order valence-corrected chi connectivity index (χ1v) is 10.4. The van der Waals surface area contributed by atoms with E-state index in [1.165, 1.54) is 12.1 Å². The molecule has 1 fully saturated rings. The van der Waals surface area contributed by atoms with E-state index in [2.05, 4.69) is 33.6 Å². The summed E-state index contributed by atoms with van der Waals surface area (Å²) in [4.78, 5) is 28.3. The number of nitrogens with zero attached hydrogens (tertiary/aromatic N) is 5. The highest BCUT2D eigenvalue weighted by atomic mass is 19.1. The van der Waals surface area contributed by atoms with Gasteiger partial charge in [-0.1, -0.05) is 13.8 Å². The van der Waals surface area contributed by atoms with E-state index in [9.17, 15) is 9.18 Å². The lowest BCUT2D eigenvalue weighted by atomic mass is 10.2. The van der Waals surface area contributed by atoms with Crippen LogP contribution in [-0.2, 0) is 0 Å². The molecule has 1 saturated heterocycles. The monoisotopic (exact) mass is 399 g/mol. The molecule has 0 spiro atoms. The first kappa shape index (κ1) is 21.0. The van der Waals surface area contributed by atoms with E-state index in [1.807, 2.05) is 17.9 Å². The molecule has 0 unspecified atom stereocenters. The number of anilines is 2. The number of carbonyl (C=O) groups excluding carboxylic acids is 1. The van der Waals surface area contributed by atoms with E-state index in [1.54, 1.807) is 12.1 Å². The Bertz CT molecular complexity index is 812. The molecule has 2 aromatic rings. The van der Waals surface area contributed by atoms with Crippen LogP contribution in [0.5, 0.6) is 0 Å². The lowest BCUT2D eigenvalue weighted by Gasteiger charge is -2.36. The zero-order chi connectivity index (χ0) is 20.8. The largest absolute Gasteiger partial charge is 0.368 e. The third kappa shape index (κ3) is 5.22. The SMILES string of the molecule is CCCN(CCC)c1cc(C(=O)N2CCN(c3ccc(F)cc3)CC2)nc(C)n1. The van der Waals surface area contributed by atoms with Crippen LogP contribution in [0, 0.1) is 12.7 Å². The van der Waals surface area contributed by atoms with Gasteiger partial charge in [-0.15, -0.1) is 0 Å². The lowest BCUT2D eigenvalue weighted by Crippen LogP contribution is -2.49. The molecule has 0 radical (unpaired) electrons. The first-order valence-electron chi connectivity index (χ1n) is 10.4. The standard InChI is InChI=1S/C22H30FN5O/c1-4-10-27(11-5-2)21-16-20(24-17(3)25-21)22(29)28-14-12-26(13-15-28)19-8-6-18(23)7-9-19/h6-9,16H,4-5,10-15H2,1-3H3. The van der Waals surface area contributed by atoms with Crippen LogP contribution in [0.2, 0.25) is 0 Å². The van der Waals surface area contributed by atoms with Crippen molar-refractivity contribution in [3.8, 4) is 0 Å². The molecule has 3 rings (SSSR count). The predicted molar refractivity (Wildman–Crippen MR) is 114 cm³/mol. The van der Waals surface area contributed by atoms with Crippen molar-refractivity contribution < 1.29 is 9.18 Å². The summed E-state index contributed by atoms with van der Waals surface area (Å²) < 4.78 is 13.1. The van der Waals surface area contributed by atoms with Crippen LogP contribution in [0.25, 0.3) is 0 Å². The van der Waals surface area contributed by atoms with Crippen molar-refractivity contribution in [2.75, 3.05) is 49.1 Å². The fourth-order valence-corrected chi connectivity index (χ4v) is 3.69. The molecule has 0 saturated carbocycles. The molecule has 2 heterocycles. The van der Waals surface area contributed by atoms with Crippen molar-refractivity contribution >= 4 is 17.4 Å². The Labute approximate surface area is 172 Å². The van der Waals surface area contributed by atoms with Crippen molar-refractivity contribution in [2.24, 2.45) is 0 Å². The maximum atomic E-state index is 13.1. The Morgan fingerprint density at radius 2 is 1.66 bits per heavy atom. The van der Waals surface area contributed by atoms with E-state index in [4.69, 9.17) is 0 Å². The summed E-state index contributed by atoms with van der Waals surface area (Å²) in [5.41, 5.74) is 1.44. The van der Waals surface area contributed by atoms with Crippen LogP contribution >= 0.6 is 0 Å². The average Bonchev–Trinajstić information content (AvgIpc) is 2.73. The second-order valence-corrected chi connectivity index (χ2v) is 7.40. The van der Waals surface area contributed by atoms with Gasteiger partial charge in [0.2, 0.25) is 0 Å². The van der Waals surface area contributed by atoms with Crippen molar-refractivity contribution in [3.63, 3.8) is 0 Å². The Morgan fingerprint density at radius 1 is 1.03 bits per heavy atom. The fraction of sp³-hybridized carbons (Fsp3) is 0.500. The van der Waals surface area contributed by atoms with Gasteiger partial charge in [-0.3, -0.25) is 4.79 Å². The van der Waals surface area contributed by atoms with Gasteiger partial charge in [-0.25, -0.2) is 14.4 Å². The molecule has 6 nitrogen and oxygen atoms in total. The number of amides is 1. The second-order valence-electron chi connectivity index (χ2n) is 7.40. The minimum Gasteiger partial charge on any atom is -0.368 e. The first-order chi connectivity index (χ1) is 14.0. The highest BCUT2D eigenvalue weighted by Gasteiger charge is 2.24. The molecular formula is C22H30FN5O. The maximum Gasteiger partial charge on any atom is 0.272 e. The minimum absolute atomic E-state index is 0.0524. The summed E-state index contributed by atoms with van der Waals surface area (Å²) in [6.07, 6.45) is 2.05. The van der Waals surface area contributed by atoms with Gasteiger partial charge in [-0.05, 0) is 44.0 Å². The average molecular weight is 400 g/mol. The Kier molecular flexibility index (Phi) is 7.01. The maximum absolute atomic E-state index is 13.1. The summed E-state index contributed by atoms with van der Waals surface area (Å²) >= 11 is 0. The number of piperazine rings is 1. The predicted octanol–water partition coefficient (Wildman–Crippen LogP) is 3.51. The molecule has 29 heavy (non-hydrogen) atoms. The van der Waals surface area contributed by atoms with Gasteiger partial charge < -0.3 is 14.7 Å². The molecule has 0 aliphatic carbocycles. The van der Waals surface area contributed by atoms with Crippen molar-refractivity contribution in [1.29, 1.82) is 0 Å². The van der Waals surface area contributed by atoms with Gasteiger partial charge in [0.1, 0.15) is 23.2 Å². The van der Waals surface area contributed by atoms with Gasteiger partial charge in [0.25, 0.3) is 5.91 Å². The third-order valence-corrected chi connectivity index (χ3v) is 5.11. The number of aryl methyl sites for hydroxylation is 1. The van der Waals surface area contributed by atoms with E-state index in [0.29, 0.717) is 37.7 Å². The summed E-state index contributed by atoms with van der Waals surface area (Å²) in [5.74, 6) is 1.16. The Morgan fingerprint density at radius 3 is 2.24 bits per heavy atom. The van der Waals surface area contributed by atoms with Crippen LogP contribution in [0.1, 0.15) is 43.0 Å². The topological polar surface area (TPSA) is 52.6 Å². The zero-order valence-corrected chi connectivity index (χ0v) is 17.6. The number of rotatable bonds is 7. The van der Waals surface area contributed by atoms with E-state index in [0.717, 1.165) is 37.4 Å². The molecule has 1 aromatic carbocycles. The summed E-state index contributed by atoms with van der Waals surface area (Å²) in [6, 6.07) is 8.33. The number of hydrogen-bond donors (Lipinski definition) is 0. The van der Waals surface area contributed by atoms with Gasteiger partial charge in [0, 0.05) is 51.0 Å². The van der Waals surface area contributed by atoms with Crippen LogP contribution in [0.15, 0.2) is 30.3 Å². The zero-order valence-electron chi connectivity index (χ0n) is 17.6. The van der Waals surface area contributed by atoms with Crippen LogP contribution in [0.3, 0.4) is 0 Å². The molecule has 0 atom stereocenters. The second kappa shape index (κ2) is 9.67. The molecule has 7 heteroatoms. The summed E-state index contributed by atoms with van der Waals surface area (Å²) in [6.45, 7) is 10.6. The molecule has 0 bridgehead atoms. The van der Waals surface area contributed by atoms with Crippen LogP contribution in [-0.4, -0.2) is 60.0 Å². The number of carbonyl (C=O) groups is 1. The smallest absolute Gasteiger partial charge is 0.272 e.